The Morgan fingerprint density at radius 1 is 1.42 bits per heavy atom. The minimum Gasteiger partial charge on any atom is -0.497 e. The Morgan fingerprint density at radius 2 is 2.00 bits per heavy atom. The standard InChI is InChI=1S/C9H10O3/c1-12-8-4-2-7(3-5-8)6-9(10)11/h2-5H,6H2,1H3,(H,10,11)/i9+1. The summed E-state index contributed by atoms with van der Waals surface area (Å²) in [4.78, 5) is 10.3. The largest absolute Gasteiger partial charge is 0.497 e. The van der Waals surface area contributed by atoms with E-state index in [0.29, 0.717) is 0 Å². The van der Waals surface area contributed by atoms with Crippen LogP contribution in [0.3, 0.4) is 0 Å². The number of rotatable bonds is 3. The Bertz CT molecular complexity index is 264. The molecule has 64 valence electrons. The molecule has 0 aliphatic carbocycles. The molecule has 0 heterocycles. The second-order valence-corrected chi connectivity index (χ2v) is 2.42. The molecule has 0 fully saturated rings. The maximum atomic E-state index is 10.3. The predicted molar refractivity (Wildman–Crippen MR) is 44.3 cm³/mol. The van der Waals surface area contributed by atoms with Crippen LogP contribution in [-0.2, 0) is 11.2 Å². The third-order valence-electron chi connectivity index (χ3n) is 1.51. The Kier molecular flexibility index (Phi) is 2.69. The predicted octanol–water partition coefficient (Wildman–Crippen LogP) is 1.32. The number of benzene rings is 1. The van der Waals surface area contributed by atoms with E-state index in [1.54, 1.807) is 31.4 Å². The number of ether oxygens (including phenoxy) is 1. The summed E-state index contributed by atoms with van der Waals surface area (Å²) in [5.74, 6) is -0.0793. The summed E-state index contributed by atoms with van der Waals surface area (Å²) in [6.07, 6.45) is 0.0595. The van der Waals surface area contributed by atoms with Crippen molar-refractivity contribution in [1.29, 1.82) is 0 Å². The lowest BCUT2D eigenvalue weighted by atomic mass is 10.2. The molecule has 0 saturated carbocycles. The average Bonchev–Trinajstić information content (AvgIpc) is 2.05. The van der Waals surface area contributed by atoms with Crippen molar-refractivity contribution in [2.45, 2.75) is 6.42 Å². The van der Waals surface area contributed by atoms with Crippen LogP contribution in [0, 0.1) is 0 Å². The molecule has 1 aromatic carbocycles. The zero-order valence-electron chi connectivity index (χ0n) is 6.78. The first-order valence-electron chi connectivity index (χ1n) is 3.57. The molecule has 0 radical (unpaired) electrons. The molecule has 3 heteroatoms. The molecule has 3 nitrogen and oxygen atoms in total. The van der Waals surface area contributed by atoms with Crippen LogP contribution in [0.4, 0.5) is 0 Å². The topological polar surface area (TPSA) is 46.5 Å². The molecule has 1 N–H and O–H groups in total. The van der Waals surface area contributed by atoms with Crippen LogP contribution in [0.15, 0.2) is 24.3 Å². The number of aliphatic carboxylic acids is 1. The third kappa shape index (κ3) is 2.27. The lowest BCUT2D eigenvalue weighted by molar-refractivity contribution is -0.136. The minimum absolute atomic E-state index is 0.0595. The Balaban J connectivity index is 2.71. The van der Waals surface area contributed by atoms with Gasteiger partial charge in [0.1, 0.15) is 5.75 Å². The molecule has 0 bridgehead atoms. The van der Waals surface area contributed by atoms with E-state index in [2.05, 4.69) is 0 Å². The highest BCUT2D eigenvalue weighted by atomic mass is 16.5. The maximum Gasteiger partial charge on any atom is 0.307 e. The fraction of sp³-hybridized carbons (Fsp3) is 0.222. The van der Waals surface area contributed by atoms with E-state index >= 15 is 0 Å². The summed E-state index contributed by atoms with van der Waals surface area (Å²) in [7, 11) is 1.58. The summed E-state index contributed by atoms with van der Waals surface area (Å²) in [5.41, 5.74) is 0.781. The quantitative estimate of drug-likeness (QED) is 0.690. The summed E-state index contributed by atoms with van der Waals surface area (Å²) >= 11 is 0. The normalized spacial score (nSPS) is 9.42. The van der Waals surface area contributed by atoms with Crippen LogP contribution in [0.5, 0.6) is 5.75 Å². The van der Waals surface area contributed by atoms with E-state index in [1.165, 1.54) is 0 Å². The first-order chi connectivity index (χ1) is 5.72. The highest BCUT2D eigenvalue weighted by Crippen LogP contribution is 2.11. The van der Waals surface area contributed by atoms with E-state index < -0.39 is 5.97 Å². The molecule has 0 amide bonds. The van der Waals surface area contributed by atoms with Gasteiger partial charge in [0.25, 0.3) is 0 Å². The van der Waals surface area contributed by atoms with Crippen LogP contribution in [-0.4, -0.2) is 18.2 Å². The average molecular weight is 167 g/mol. The molecule has 0 aromatic heterocycles. The van der Waals surface area contributed by atoms with Gasteiger partial charge in [-0.3, -0.25) is 4.79 Å². The Labute approximate surface area is 70.6 Å². The number of hydrogen-bond donors (Lipinski definition) is 1. The van der Waals surface area contributed by atoms with Crippen LogP contribution in [0.1, 0.15) is 5.56 Å². The molecule has 0 unspecified atom stereocenters. The molecular weight excluding hydrogens is 157 g/mol. The van der Waals surface area contributed by atoms with Crippen LogP contribution in [0.2, 0.25) is 0 Å². The fourth-order valence-electron chi connectivity index (χ4n) is 0.918. The lowest BCUT2D eigenvalue weighted by Crippen LogP contribution is -1.99. The van der Waals surface area contributed by atoms with Gasteiger partial charge in [0, 0.05) is 0 Å². The second-order valence-electron chi connectivity index (χ2n) is 2.42. The first-order valence-corrected chi connectivity index (χ1v) is 3.57. The van der Waals surface area contributed by atoms with Gasteiger partial charge >= 0.3 is 5.97 Å². The second kappa shape index (κ2) is 3.76. The lowest BCUT2D eigenvalue weighted by Gasteiger charge is -1.99. The third-order valence-corrected chi connectivity index (χ3v) is 1.51. The van der Waals surface area contributed by atoms with Crippen molar-refractivity contribution in [1.82, 2.24) is 0 Å². The van der Waals surface area contributed by atoms with Crippen molar-refractivity contribution < 1.29 is 14.6 Å². The van der Waals surface area contributed by atoms with E-state index in [4.69, 9.17) is 9.84 Å². The van der Waals surface area contributed by atoms with Crippen molar-refractivity contribution in [3.05, 3.63) is 29.8 Å². The van der Waals surface area contributed by atoms with E-state index in [0.717, 1.165) is 11.3 Å². The van der Waals surface area contributed by atoms with Gasteiger partial charge in [-0.1, -0.05) is 12.1 Å². The highest BCUT2D eigenvalue weighted by molar-refractivity contribution is 5.70. The zero-order chi connectivity index (χ0) is 8.97. The smallest absolute Gasteiger partial charge is 0.307 e. The van der Waals surface area contributed by atoms with Crippen molar-refractivity contribution in [2.75, 3.05) is 7.11 Å². The van der Waals surface area contributed by atoms with E-state index in [9.17, 15) is 4.79 Å². The van der Waals surface area contributed by atoms with Crippen LogP contribution < -0.4 is 4.74 Å². The molecule has 12 heavy (non-hydrogen) atoms. The van der Waals surface area contributed by atoms with Crippen LogP contribution in [0.25, 0.3) is 0 Å². The number of carbonyl (C=O) groups is 1. The van der Waals surface area contributed by atoms with Gasteiger partial charge in [0.15, 0.2) is 0 Å². The van der Waals surface area contributed by atoms with Crippen molar-refractivity contribution in [3.8, 4) is 5.75 Å². The molecule has 1 rings (SSSR count). The van der Waals surface area contributed by atoms with Gasteiger partial charge in [-0.05, 0) is 17.7 Å². The van der Waals surface area contributed by atoms with Gasteiger partial charge in [-0.2, -0.15) is 0 Å². The highest BCUT2D eigenvalue weighted by Gasteiger charge is 1.99. The Hall–Kier alpha value is -1.51. The minimum atomic E-state index is -0.819. The molecule has 1 aromatic rings. The van der Waals surface area contributed by atoms with Crippen molar-refractivity contribution >= 4 is 5.97 Å². The maximum absolute atomic E-state index is 10.3. The number of carboxylic acid groups (broad SMARTS) is 1. The molecule has 0 atom stereocenters. The van der Waals surface area contributed by atoms with Crippen LogP contribution >= 0.6 is 0 Å². The number of hydrogen-bond acceptors (Lipinski definition) is 2. The molecule has 0 saturated heterocycles. The summed E-state index contributed by atoms with van der Waals surface area (Å²) in [6.45, 7) is 0. The fourth-order valence-corrected chi connectivity index (χ4v) is 0.918. The summed E-state index contributed by atoms with van der Waals surface area (Å²) in [6, 6.07) is 6.98. The van der Waals surface area contributed by atoms with Gasteiger partial charge in [0.2, 0.25) is 0 Å². The summed E-state index contributed by atoms with van der Waals surface area (Å²) < 4.78 is 4.93. The molecule has 0 aliphatic rings. The van der Waals surface area contributed by atoms with Gasteiger partial charge in [-0.15, -0.1) is 0 Å². The summed E-state index contributed by atoms with van der Waals surface area (Å²) in [5, 5.41) is 8.46. The number of carboxylic acids is 1. The van der Waals surface area contributed by atoms with Crippen molar-refractivity contribution in [3.63, 3.8) is 0 Å². The Morgan fingerprint density at radius 3 is 2.42 bits per heavy atom. The monoisotopic (exact) mass is 167 g/mol. The SMILES string of the molecule is COc1ccc(C[13C](=O)O)cc1. The van der Waals surface area contributed by atoms with E-state index in [1.807, 2.05) is 0 Å². The van der Waals surface area contributed by atoms with Gasteiger partial charge < -0.3 is 9.84 Å². The molecule has 0 spiro atoms. The van der Waals surface area contributed by atoms with Crippen molar-refractivity contribution in [2.24, 2.45) is 0 Å². The zero-order valence-corrected chi connectivity index (χ0v) is 6.78. The number of methoxy groups -OCH3 is 1. The molecule has 0 aliphatic heterocycles. The first kappa shape index (κ1) is 8.59. The molecular formula is C9H10O3. The van der Waals surface area contributed by atoms with E-state index in [-0.39, 0.29) is 6.42 Å². The van der Waals surface area contributed by atoms with Gasteiger partial charge in [0.05, 0.1) is 13.5 Å². The van der Waals surface area contributed by atoms with Gasteiger partial charge in [-0.25, -0.2) is 0 Å².